The molecule has 0 saturated heterocycles. The van der Waals surface area contributed by atoms with Gasteiger partial charge < -0.3 is 5.21 Å². The van der Waals surface area contributed by atoms with Gasteiger partial charge in [0, 0.05) is 0 Å². The highest BCUT2D eigenvalue weighted by atomic mass is 16.4. The maximum absolute atomic E-state index is 8.64. The van der Waals surface area contributed by atoms with Crippen LogP contribution in [0.15, 0.2) is 16.8 Å². The summed E-state index contributed by atoms with van der Waals surface area (Å²) in [6.45, 7) is 4.30. The third-order valence-electron chi connectivity index (χ3n) is 2.35. The number of hydrogen-bond donors (Lipinski definition) is 1. The zero-order valence-electron chi connectivity index (χ0n) is 7.88. The summed E-state index contributed by atoms with van der Waals surface area (Å²) < 4.78 is 0. The molecule has 1 atom stereocenters. The van der Waals surface area contributed by atoms with Crippen LogP contribution in [-0.2, 0) is 0 Å². The van der Waals surface area contributed by atoms with Crippen LogP contribution in [0.3, 0.4) is 0 Å². The smallest absolute Gasteiger partial charge is 0.0798 e. The minimum atomic E-state index is 0.700. The van der Waals surface area contributed by atoms with Crippen molar-refractivity contribution in [1.29, 1.82) is 0 Å². The van der Waals surface area contributed by atoms with Crippen LogP contribution < -0.4 is 0 Å². The Morgan fingerprint density at radius 1 is 1.58 bits per heavy atom. The molecule has 1 aliphatic rings. The molecular weight excluding hydrogens is 150 g/mol. The van der Waals surface area contributed by atoms with Crippen molar-refractivity contribution in [2.45, 2.75) is 39.5 Å². The summed E-state index contributed by atoms with van der Waals surface area (Å²) >= 11 is 0. The van der Waals surface area contributed by atoms with E-state index in [1.54, 1.807) is 0 Å². The van der Waals surface area contributed by atoms with Crippen molar-refractivity contribution in [3.63, 3.8) is 0 Å². The van der Waals surface area contributed by atoms with Gasteiger partial charge in [0.1, 0.15) is 0 Å². The summed E-state index contributed by atoms with van der Waals surface area (Å²) in [6.07, 6.45) is 6.57. The molecule has 1 unspecified atom stereocenters. The monoisotopic (exact) mass is 167 g/mol. The Hall–Kier alpha value is -0.790. The average Bonchev–Trinajstić information content (AvgIpc) is 2.04. The van der Waals surface area contributed by atoms with Crippen molar-refractivity contribution in [2.24, 2.45) is 11.1 Å². The van der Waals surface area contributed by atoms with E-state index >= 15 is 0 Å². The predicted molar refractivity (Wildman–Crippen MR) is 50.6 cm³/mol. The summed E-state index contributed by atoms with van der Waals surface area (Å²) in [7, 11) is 0. The first-order chi connectivity index (χ1) is 5.76. The Labute approximate surface area is 74.0 Å². The molecule has 0 aromatic rings. The fraction of sp³-hybridized carbons (Fsp3) is 0.700. The van der Waals surface area contributed by atoms with Crippen LogP contribution in [0.5, 0.6) is 0 Å². The topological polar surface area (TPSA) is 32.6 Å². The van der Waals surface area contributed by atoms with Crippen LogP contribution in [0.1, 0.15) is 39.5 Å². The van der Waals surface area contributed by atoms with Gasteiger partial charge in [0.15, 0.2) is 0 Å². The van der Waals surface area contributed by atoms with Crippen LogP contribution in [0.25, 0.3) is 0 Å². The number of oxime groups is 1. The lowest BCUT2D eigenvalue weighted by molar-refractivity contribution is 0.315. The first kappa shape index (κ1) is 9.30. The van der Waals surface area contributed by atoms with Crippen LogP contribution in [0.2, 0.25) is 0 Å². The summed E-state index contributed by atoms with van der Waals surface area (Å²) in [6, 6.07) is 0. The van der Waals surface area contributed by atoms with E-state index in [1.165, 1.54) is 24.8 Å². The lowest BCUT2D eigenvalue weighted by Crippen LogP contribution is -2.13. The zero-order valence-corrected chi connectivity index (χ0v) is 7.88. The lowest BCUT2D eigenvalue weighted by Gasteiger charge is -2.20. The Balaban J connectivity index is 2.59. The lowest BCUT2D eigenvalue weighted by atomic mass is 9.85. The molecule has 68 valence electrons. The van der Waals surface area contributed by atoms with E-state index in [4.69, 9.17) is 5.21 Å². The number of hydrogen-bond acceptors (Lipinski definition) is 2. The maximum atomic E-state index is 8.64. The van der Waals surface area contributed by atoms with Gasteiger partial charge in [0.25, 0.3) is 0 Å². The van der Waals surface area contributed by atoms with E-state index in [0.717, 1.165) is 12.1 Å². The van der Waals surface area contributed by atoms with Crippen molar-refractivity contribution in [3.8, 4) is 0 Å². The first-order valence-electron chi connectivity index (χ1n) is 4.64. The van der Waals surface area contributed by atoms with Gasteiger partial charge in [-0.25, -0.2) is 0 Å². The highest BCUT2D eigenvalue weighted by Crippen LogP contribution is 2.25. The van der Waals surface area contributed by atoms with Crippen molar-refractivity contribution in [3.05, 3.63) is 11.6 Å². The largest absolute Gasteiger partial charge is 0.411 e. The fourth-order valence-corrected chi connectivity index (χ4v) is 1.91. The maximum Gasteiger partial charge on any atom is 0.0798 e. The van der Waals surface area contributed by atoms with E-state index in [-0.39, 0.29) is 0 Å². The molecule has 0 amide bonds. The standard InChI is InChI=1S/C10H17NO/c1-3-4-9-5-8(2)6-10(7-9)11-12/h6,9,12H,3-5,7H2,1-2H3. The van der Waals surface area contributed by atoms with E-state index in [9.17, 15) is 0 Å². The van der Waals surface area contributed by atoms with Crippen molar-refractivity contribution in [1.82, 2.24) is 0 Å². The van der Waals surface area contributed by atoms with Crippen molar-refractivity contribution < 1.29 is 5.21 Å². The van der Waals surface area contributed by atoms with Gasteiger partial charge >= 0.3 is 0 Å². The Morgan fingerprint density at radius 2 is 2.33 bits per heavy atom. The van der Waals surface area contributed by atoms with E-state index in [2.05, 4.69) is 19.0 Å². The number of nitrogens with zero attached hydrogens (tertiary/aromatic N) is 1. The Bertz CT molecular complexity index is 206. The molecule has 0 aliphatic heterocycles. The molecule has 0 saturated carbocycles. The summed E-state index contributed by atoms with van der Waals surface area (Å²) in [5.41, 5.74) is 2.18. The fourth-order valence-electron chi connectivity index (χ4n) is 1.91. The SMILES string of the molecule is CCCC1CC(C)=CC(=NO)C1. The van der Waals surface area contributed by atoms with Gasteiger partial charge in [-0.05, 0) is 31.8 Å². The van der Waals surface area contributed by atoms with Gasteiger partial charge in [0.05, 0.1) is 5.71 Å². The van der Waals surface area contributed by atoms with Gasteiger partial charge in [-0.2, -0.15) is 0 Å². The molecule has 0 fully saturated rings. The molecule has 2 heteroatoms. The second-order valence-corrected chi connectivity index (χ2v) is 3.64. The Kier molecular flexibility index (Phi) is 3.32. The van der Waals surface area contributed by atoms with Gasteiger partial charge in [-0.15, -0.1) is 0 Å². The number of rotatable bonds is 2. The Morgan fingerprint density at radius 3 is 2.92 bits per heavy atom. The van der Waals surface area contributed by atoms with Gasteiger partial charge in [-0.1, -0.05) is 30.5 Å². The second-order valence-electron chi connectivity index (χ2n) is 3.64. The molecule has 1 N–H and O–H groups in total. The van der Waals surface area contributed by atoms with Crippen LogP contribution in [-0.4, -0.2) is 10.9 Å². The minimum Gasteiger partial charge on any atom is -0.411 e. The molecular formula is C10H17NO. The highest BCUT2D eigenvalue weighted by molar-refractivity contribution is 5.95. The molecule has 0 heterocycles. The third-order valence-corrected chi connectivity index (χ3v) is 2.35. The molecule has 1 aliphatic carbocycles. The number of allylic oxidation sites excluding steroid dienone is 2. The van der Waals surface area contributed by atoms with Crippen molar-refractivity contribution in [2.75, 3.05) is 0 Å². The van der Waals surface area contributed by atoms with Gasteiger partial charge in [-0.3, -0.25) is 0 Å². The molecule has 0 bridgehead atoms. The first-order valence-corrected chi connectivity index (χ1v) is 4.64. The van der Waals surface area contributed by atoms with Crippen LogP contribution in [0, 0.1) is 5.92 Å². The minimum absolute atomic E-state index is 0.700. The van der Waals surface area contributed by atoms with Crippen molar-refractivity contribution >= 4 is 5.71 Å². The summed E-state index contributed by atoms with van der Waals surface area (Å²) in [5, 5.41) is 11.9. The molecule has 0 aromatic heterocycles. The molecule has 1 rings (SSSR count). The normalized spacial score (nSPS) is 27.3. The molecule has 2 nitrogen and oxygen atoms in total. The molecule has 0 radical (unpaired) electrons. The van der Waals surface area contributed by atoms with E-state index in [0.29, 0.717) is 5.92 Å². The van der Waals surface area contributed by atoms with E-state index in [1.807, 2.05) is 6.08 Å². The predicted octanol–water partition coefficient (Wildman–Crippen LogP) is 2.97. The summed E-state index contributed by atoms with van der Waals surface area (Å²) in [4.78, 5) is 0. The second kappa shape index (κ2) is 4.29. The molecule has 0 spiro atoms. The van der Waals surface area contributed by atoms with Gasteiger partial charge in [0.2, 0.25) is 0 Å². The quantitative estimate of drug-likeness (QED) is 0.497. The van der Waals surface area contributed by atoms with Crippen LogP contribution in [0.4, 0.5) is 0 Å². The zero-order chi connectivity index (χ0) is 8.97. The molecule has 0 aromatic carbocycles. The summed E-state index contributed by atoms with van der Waals surface area (Å²) in [5.74, 6) is 0.700. The third kappa shape index (κ3) is 2.36. The molecule has 12 heavy (non-hydrogen) atoms. The van der Waals surface area contributed by atoms with Crippen LogP contribution >= 0.6 is 0 Å². The highest BCUT2D eigenvalue weighted by Gasteiger charge is 2.16. The average molecular weight is 167 g/mol. The van der Waals surface area contributed by atoms with E-state index < -0.39 is 0 Å².